The topological polar surface area (TPSA) is 68.3 Å². The lowest BCUT2D eigenvalue weighted by Crippen LogP contribution is -2.03. The molecule has 6 nitrogen and oxygen atoms in total. The fourth-order valence-corrected chi connectivity index (χ4v) is 7.39. The summed E-state index contributed by atoms with van der Waals surface area (Å²) in [4.78, 5) is 26.1. The number of hydrogen-bond donors (Lipinski definition) is 0. The van der Waals surface area contributed by atoms with Gasteiger partial charge in [-0.2, -0.15) is 0 Å². The monoisotopic (exact) mass is 676 g/mol. The molecule has 0 spiro atoms. The fourth-order valence-electron chi connectivity index (χ4n) is 6.36. The molecule has 0 amide bonds. The molecule has 244 valence electrons. The number of para-hydroxylation sites is 1. The quantitative estimate of drug-likeness (QED) is 0.113. The van der Waals surface area contributed by atoms with Gasteiger partial charge in [0.15, 0.2) is 23.3 Å². The van der Waals surface area contributed by atoms with E-state index in [1.54, 1.807) is 23.9 Å². The molecule has 2 aromatic heterocycles. The van der Waals surface area contributed by atoms with Crippen LogP contribution < -0.4 is 0 Å². The first-order chi connectivity index (χ1) is 25.1. The van der Waals surface area contributed by atoms with Gasteiger partial charge in [-0.05, 0) is 53.7 Å². The van der Waals surface area contributed by atoms with Crippen molar-refractivity contribution in [3.05, 3.63) is 170 Å². The molecular weight excluding hydrogens is 645 g/mol. The SMILES string of the molecule is C=C/C=C(\C=C)c1nc(-c2ccccc2)nc(-c2cc(-c3ccccc3)cc(-n3c(/N=C4\Cc5ccccc5S4)c(N=C)c4ccccc43)c2)n1. The van der Waals surface area contributed by atoms with Crippen molar-refractivity contribution in [2.75, 3.05) is 0 Å². The van der Waals surface area contributed by atoms with E-state index in [4.69, 9.17) is 19.9 Å². The van der Waals surface area contributed by atoms with Gasteiger partial charge in [0.25, 0.3) is 0 Å². The van der Waals surface area contributed by atoms with Crippen molar-refractivity contribution in [2.24, 2.45) is 9.98 Å². The average Bonchev–Trinajstić information content (AvgIpc) is 3.75. The van der Waals surface area contributed by atoms with E-state index in [0.717, 1.165) is 67.4 Å². The van der Waals surface area contributed by atoms with Gasteiger partial charge in [0.05, 0.1) is 10.6 Å². The lowest BCUT2D eigenvalue weighted by molar-refractivity contribution is 1.03. The maximum atomic E-state index is 5.32. The molecule has 3 heterocycles. The number of allylic oxidation sites excluding steroid dienone is 4. The summed E-state index contributed by atoms with van der Waals surface area (Å²) in [5.41, 5.74) is 8.39. The Hall–Kier alpha value is -6.44. The molecule has 0 saturated heterocycles. The molecule has 1 aliphatic rings. The van der Waals surface area contributed by atoms with E-state index in [2.05, 4.69) is 96.2 Å². The highest BCUT2D eigenvalue weighted by Gasteiger charge is 2.23. The van der Waals surface area contributed by atoms with E-state index in [0.29, 0.717) is 17.5 Å². The zero-order valence-corrected chi connectivity index (χ0v) is 28.6. The Labute approximate surface area is 301 Å². The van der Waals surface area contributed by atoms with Gasteiger partial charge in [0, 0.05) is 39.1 Å². The number of thioether (sulfide) groups is 1. The van der Waals surface area contributed by atoms with Crippen LogP contribution in [0.3, 0.4) is 0 Å². The lowest BCUT2D eigenvalue weighted by atomic mass is 10.0. The molecule has 7 heteroatoms. The van der Waals surface area contributed by atoms with E-state index in [1.165, 1.54) is 10.5 Å². The zero-order valence-electron chi connectivity index (χ0n) is 27.8. The van der Waals surface area contributed by atoms with Crippen LogP contribution in [0.1, 0.15) is 11.4 Å². The number of fused-ring (bicyclic) bond motifs is 2. The van der Waals surface area contributed by atoms with Gasteiger partial charge in [-0.25, -0.2) is 19.9 Å². The first kappa shape index (κ1) is 31.8. The third-order valence-electron chi connectivity index (χ3n) is 8.74. The summed E-state index contributed by atoms with van der Waals surface area (Å²) in [5.74, 6) is 2.33. The Morgan fingerprint density at radius 3 is 2.10 bits per heavy atom. The van der Waals surface area contributed by atoms with Gasteiger partial charge in [0.2, 0.25) is 0 Å². The van der Waals surface area contributed by atoms with Crippen molar-refractivity contribution < 1.29 is 0 Å². The number of aliphatic imine (C=N–C) groups is 2. The molecular formula is C44H32N6S. The molecule has 5 aromatic carbocycles. The maximum absolute atomic E-state index is 5.32. The largest absolute Gasteiger partial charge is 0.292 e. The average molecular weight is 677 g/mol. The summed E-state index contributed by atoms with van der Waals surface area (Å²) < 4.78 is 2.18. The minimum Gasteiger partial charge on any atom is -0.292 e. The highest BCUT2D eigenvalue weighted by Crippen LogP contribution is 2.45. The predicted octanol–water partition coefficient (Wildman–Crippen LogP) is 11.3. The first-order valence-electron chi connectivity index (χ1n) is 16.6. The van der Waals surface area contributed by atoms with Crippen LogP contribution >= 0.6 is 11.8 Å². The van der Waals surface area contributed by atoms with Crippen LogP contribution in [-0.2, 0) is 6.42 Å². The molecule has 0 radical (unpaired) electrons. The van der Waals surface area contributed by atoms with Crippen LogP contribution in [0.4, 0.5) is 11.5 Å². The Balaban J connectivity index is 1.40. The van der Waals surface area contributed by atoms with Crippen LogP contribution in [0.5, 0.6) is 0 Å². The molecule has 51 heavy (non-hydrogen) atoms. The second-order valence-corrected chi connectivity index (χ2v) is 13.1. The first-order valence-corrected chi connectivity index (χ1v) is 17.4. The van der Waals surface area contributed by atoms with Gasteiger partial charge < -0.3 is 0 Å². The van der Waals surface area contributed by atoms with Crippen LogP contribution in [0.25, 0.3) is 56.1 Å². The highest BCUT2D eigenvalue weighted by atomic mass is 32.2. The summed E-state index contributed by atoms with van der Waals surface area (Å²) in [7, 11) is 0. The number of nitrogens with zero attached hydrogens (tertiary/aromatic N) is 6. The standard InChI is InChI=1S/C44H32N6S/c1-4-16-29(5-2)41-47-42(31-19-10-7-11-20-31)49-43(48-41)34-25-33(30-17-8-6-9-18-30)26-35(27-34)50-37-23-14-13-22-36(37)40(45-3)44(50)46-39-28-32-21-12-15-24-38(32)51-39/h4-27H,1-3,28H2/b29-16+,46-39+. The maximum Gasteiger partial charge on any atom is 0.165 e. The molecule has 8 rings (SSSR count). The molecule has 0 bridgehead atoms. The Bertz CT molecular complexity index is 2500. The fraction of sp³-hybridized carbons (Fsp3) is 0.0227. The highest BCUT2D eigenvalue weighted by molar-refractivity contribution is 8.14. The van der Waals surface area contributed by atoms with Crippen molar-refractivity contribution >= 4 is 51.5 Å². The smallest absolute Gasteiger partial charge is 0.165 e. The van der Waals surface area contributed by atoms with E-state index >= 15 is 0 Å². The number of hydrogen-bond acceptors (Lipinski definition) is 6. The van der Waals surface area contributed by atoms with Crippen molar-refractivity contribution in [3.63, 3.8) is 0 Å². The summed E-state index contributed by atoms with van der Waals surface area (Å²) in [6, 6.07) is 43.4. The van der Waals surface area contributed by atoms with Crippen molar-refractivity contribution in [2.45, 2.75) is 11.3 Å². The van der Waals surface area contributed by atoms with Gasteiger partial charge in [-0.15, -0.1) is 0 Å². The minimum absolute atomic E-state index is 0.509. The van der Waals surface area contributed by atoms with Crippen molar-refractivity contribution in [1.82, 2.24) is 19.5 Å². The van der Waals surface area contributed by atoms with E-state index in [-0.39, 0.29) is 0 Å². The van der Waals surface area contributed by atoms with E-state index in [1.807, 2.05) is 66.7 Å². The third kappa shape index (κ3) is 6.16. The minimum atomic E-state index is 0.509. The van der Waals surface area contributed by atoms with Crippen LogP contribution in [0.15, 0.2) is 174 Å². The van der Waals surface area contributed by atoms with Gasteiger partial charge in [0.1, 0.15) is 5.69 Å². The Morgan fingerprint density at radius 2 is 1.37 bits per heavy atom. The lowest BCUT2D eigenvalue weighted by Gasteiger charge is -2.15. The molecule has 1 aliphatic heterocycles. The number of aromatic nitrogens is 4. The van der Waals surface area contributed by atoms with E-state index < -0.39 is 0 Å². The zero-order chi connectivity index (χ0) is 34.7. The molecule has 0 N–H and O–H groups in total. The third-order valence-corrected chi connectivity index (χ3v) is 9.83. The molecule has 0 atom stereocenters. The second kappa shape index (κ2) is 13.8. The van der Waals surface area contributed by atoms with Crippen molar-refractivity contribution in [3.8, 4) is 39.6 Å². The molecule has 7 aromatic rings. The second-order valence-electron chi connectivity index (χ2n) is 11.9. The number of benzene rings is 5. The molecule has 0 aliphatic carbocycles. The molecule has 0 fully saturated rings. The van der Waals surface area contributed by atoms with Crippen LogP contribution in [0, 0.1) is 0 Å². The summed E-state index contributed by atoms with van der Waals surface area (Å²) in [6.45, 7) is 11.9. The molecule has 0 saturated carbocycles. The molecule has 0 unspecified atom stereocenters. The predicted molar refractivity (Wildman–Crippen MR) is 214 cm³/mol. The van der Waals surface area contributed by atoms with Crippen molar-refractivity contribution in [1.29, 1.82) is 0 Å². The van der Waals surface area contributed by atoms with Crippen LogP contribution in [-0.4, -0.2) is 31.3 Å². The Morgan fingerprint density at radius 1 is 0.706 bits per heavy atom. The van der Waals surface area contributed by atoms with Crippen LogP contribution in [0.2, 0.25) is 0 Å². The van der Waals surface area contributed by atoms with Gasteiger partial charge in [-0.3, -0.25) is 9.56 Å². The van der Waals surface area contributed by atoms with Gasteiger partial charge >= 0.3 is 0 Å². The van der Waals surface area contributed by atoms with E-state index in [9.17, 15) is 0 Å². The summed E-state index contributed by atoms with van der Waals surface area (Å²) in [6.07, 6.45) is 6.06. The Kier molecular flexibility index (Phi) is 8.62. The summed E-state index contributed by atoms with van der Waals surface area (Å²) >= 11 is 1.70. The normalized spacial score (nSPS) is 13.3. The number of rotatable bonds is 9. The van der Waals surface area contributed by atoms with Gasteiger partial charge in [-0.1, -0.05) is 140 Å². The summed E-state index contributed by atoms with van der Waals surface area (Å²) in [5, 5.41) is 1.98.